The van der Waals surface area contributed by atoms with Crippen LogP contribution < -0.4 is 5.32 Å². The molecular formula is C7H13N2O2. The number of rotatable bonds is 1. The van der Waals surface area contributed by atoms with Gasteiger partial charge in [0.15, 0.2) is 0 Å². The van der Waals surface area contributed by atoms with Gasteiger partial charge >= 0.3 is 0 Å². The molecule has 0 saturated carbocycles. The van der Waals surface area contributed by atoms with Crippen LogP contribution in [-0.2, 0) is 0 Å². The molecule has 1 saturated heterocycles. The minimum absolute atomic E-state index is 0.103. The fourth-order valence-electron chi connectivity index (χ4n) is 1.51. The average Bonchev–Trinajstić information content (AvgIpc) is 1.85. The van der Waals surface area contributed by atoms with Crippen LogP contribution in [0.1, 0.15) is 26.7 Å². The highest BCUT2D eigenvalue weighted by atomic mass is 16.6. The first-order valence-corrected chi connectivity index (χ1v) is 3.94. The zero-order valence-corrected chi connectivity index (χ0v) is 6.86. The van der Waals surface area contributed by atoms with Crippen LogP contribution in [0.5, 0.6) is 0 Å². The largest absolute Gasteiger partial charge is 0.264 e. The molecule has 1 heterocycles. The molecule has 1 radical (unpaired) electrons. The molecule has 1 fully saturated rings. The van der Waals surface area contributed by atoms with E-state index in [9.17, 15) is 10.1 Å². The second-order valence-corrected chi connectivity index (χ2v) is 3.17. The van der Waals surface area contributed by atoms with Gasteiger partial charge in [-0.1, -0.05) is 0 Å². The number of hydrogen-bond donors (Lipinski definition) is 0. The molecule has 1 aliphatic heterocycles. The zero-order valence-electron chi connectivity index (χ0n) is 6.86. The fraction of sp³-hybridized carbons (Fsp3) is 1.00. The van der Waals surface area contributed by atoms with Crippen LogP contribution in [0.2, 0.25) is 0 Å². The first-order valence-electron chi connectivity index (χ1n) is 3.94. The Balaban J connectivity index is 2.50. The van der Waals surface area contributed by atoms with Gasteiger partial charge in [0.1, 0.15) is 0 Å². The summed E-state index contributed by atoms with van der Waals surface area (Å²) in [5.41, 5.74) is 0. The van der Waals surface area contributed by atoms with Crippen molar-refractivity contribution in [2.45, 2.75) is 44.8 Å². The van der Waals surface area contributed by atoms with E-state index in [4.69, 9.17) is 0 Å². The van der Waals surface area contributed by atoms with E-state index in [1.807, 2.05) is 13.8 Å². The van der Waals surface area contributed by atoms with Crippen LogP contribution in [-0.4, -0.2) is 23.0 Å². The van der Waals surface area contributed by atoms with Gasteiger partial charge in [0.25, 0.3) is 0 Å². The van der Waals surface area contributed by atoms with Gasteiger partial charge in [-0.05, 0) is 20.3 Å². The lowest BCUT2D eigenvalue weighted by Gasteiger charge is -2.26. The van der Waals surface area contributed by atoms with Crippen molar-refractivity contribution >= 4 is 0 Å². The molecule has 1 aliphatic rings. The molecule has 0 aliphatic carbocycles. The maximum Gasteiger partial charge on any atom is 0.229 e. The van der Waals surface area contributed by atoms with Gasteiger partial charge in [0.05, 0.1) is 6.04 Å². The molecule has 0 bridgehead atoms. The van der Waals surface area contributed by atoms with Gasteiger partial charge in [-0.2, -0.15) is 0 Å². The highest BCUT2D eigenvalue weighted by molar-refractivity contribution is 4.81. The van der Waals surface area contributed by atoms with E-state index in [1.54, 1.807) is 0 Å². The Labute approximate surface area is 66.1 Å². The Hall–Kier alpha value is -0.640. The van der Waals surface area contributed by atoms with Gasteiger partial charge in [-0.25, -0.2) is 5.32 Å². The summed E-state index contributed by atoms with van der Waals surface area (Å²) in [6, 6.07) is -0.235. The smallest absolute Gasteiger partial charge is 0.229 e. The minimum atomic E-state index is -0.439. The normalized spacial score (nSPS) is 38.5. The molecule has 3 atom stereocenters. The number of piperidine rings is 1. The third kappa shape index (κ3) is 1.89. The van der Waals surface area contributed by atoms with Crippen molar-refractivity contribution in [3.63, 3.8) is 0 Å². The van der Waals surface area contributed by atoms with E-state index in [0.717, 1.165) is 6.42 Å². The van der Waals surface area contributed by atoms with Crippen LogP contribution in [0.3, 0.4) is 0 Å². The molecule has 1 rings (SSSR count). The maximum atomic E-state index is 10.4. The molecule has 3 unspecified atom stereocenters. The third-order valence-electron chi connectivity index (χ3n) is 2.20. The predicted molar refractivity (Wildman–Crippen MR) is 41.1 cm³/mol. The summed E-state index contributed by atoms with van der Waals surface area (Å²) in [6.07, 6.45) is 1.54. The molecule has 0 aromatic heterocycles. The van der Waals surface area contributed by atoms with Crippen molar-refractivity contribution < 1.29 is 4.92 Å². The van der Waals surface area contributed by atoms with Gasteiger partial charge in [0.2, 0.25) is 6.04 Å². The summed E-state index contributed by atoms with van der Waals surface area (Å²) in [7, 11) is 0. The van der Waals surface area contributed by atoms with Crippen LogP contribution in [0, 0.1) is 10.1 Å². The van der Waals surface area contributed by atoms with Crippen LogP contribution >= 0.6 is 0 Å². The van der Waals surface area contributed by atoms with Crippen molar-refractivity contribution in [2.24, 2.45) is 0 Å². The highest BCUT2D eigenvalue weighted by Crippen LogP contribution is 2.16. The Morgan fingerprint density at radius 1 is 1.45 bits per heavy atom. The monoisotopic (exact) mass is 157 g/mol. The lowest BCUT2D eigenvalue weighted by Crippen LogP contribution is -2.46. The second-order valence-electron chi connectivity index (χ2n) is 3.17. The van der Waals surface area contributed by atoms with E-state index in [0.29, 0.717) is 12.5 Å². The summed E-state index contributed by atoms with van der Waals surface area (Å²) in [5, 5.41) is 14.7. The Bertz CT molecular complexity index is 161. The molecule has 0 spiro atoms. The molecule has 4 heteroatoms. The standard InChI is InChI=1S/C7H13N2O2/c1-5-3-4-7(9(10)11)6(2)8-5/h5-7H,3-4H2,1-2H3. The summed E-state index contributed by atoms with van der Waals surface area (Å²) in [4.78, 5) is 10.2. The minimum Gasteiger partial charge on any atom is -0.264 e. The highest BCUT2D eigenvalue weighted by Gasteiger charge is 2.33. The van der Waals surface area contributed by atoms with Crippen molar-refractivity contribution in [2.75, 3.05) is 0 Å². The predicted octanol–water partition coefficient (Wildman–Crippen LogP) is 0.807. The van der Waals surface area contributed by atoms with Crippen molar-refractivity contribution in [1.29, 1.82) is 0 Å². The van der Waals surface area contributed by atoms with E-state index in [-0.39, 0.29) is 11.0 Å². The first kappa shape index (κ1) is 8.46. The van der Waals surface area contributed by atoms with E-state index in [1.165, 1.54) is 0 Å². The SMILES string of the molecule is CC1CCC([N+](=O)[O-])C(C)[N]1. The Kier molecular flexibility index (Phi) is 2.44. The number of nitrogens with zero attached hydrogens (tertiary/aromatic N) is 2. The lowest BCUT2D eigenvalue weighted by atomic mass is 9.96. The van der Waals surface area contributed by atoms with Crippen LogP contribution in [0.25, 0.3) is 0 Å². The first-order chi connectivity index (χ1) is 5.11. The molecule has 11 heavy (non-hydrogen) atoms. The fourth-order valence-corrected chi connectivity index (χ4v) is 1.51. The lowest BCUT2D eigenvalue weighted by molar-refractivity contribution is -0.529. The van der Waals surface area contributed by atoms with Gasteiger partial charge in [-0.15, -0.1) is 0 Å². The number of nitro groups is 1. The molecule has 0 N–H and O–H groups in total. The van der Waals surface area contributed by atoms with E-state index < -0.39 is 6.04 Å². The Morgan fingerprint density at radius 2 is 2.09 bits per heavy atom. The van der Waals surface area contributed by atoms with Crippen molar-refractivity contribution in [1.82, 2.24) is 5.32 Å². The molecule has 4 nitrogen and oxygen atoms in total. The molecule has 0 aromatic carbocycles. The molecular weight excluding hydrogens is 144 g/mol. The third-order valence-corrected chi connectivity index (χ3v) is 2.20. The summed E-state index contributed by atoms with van der Waals surface area (Å²) in [6.45, 7) is 3.83. The Morgan fingerprint density at radius 3 is 2.55 bits per heavy atom. The topological polar surface area (TPSA) is 57.2 Å². The summed E-state index contributed by atoms with van der Waals surface area (Å²) < 4.78 is 0. The molecule has 0 amide bonds. The van der Waals surface area contributed by atoms with Gasteiger partial charge < -0.3 is 0 Å². The zero-order chi connectivity index (χ0) is 8.43. The summed E-state index contributed by atoms with van der Waals surface area (Å²) >= 11 is 0. The summed E-state index contributed by atoms with van der Waals surface area (Å²) in [5.74, 6) is 0. The van der Waals surface area contributed by atoms with Crippen molar-refractivity contribution in [3.8, 4) is 0 Å². The molecule has 63 valence electrons. The molecule has 0 aromatic rings. The number of hydrogen-bond acceptors (Lipinski definition) is 2. The van der Waals surface area contributed by atoms with Crippen molar-refractivity contribution in [3.05, 3.63) is 10.1 Å². The van der Waals surface area contributed by atoms with Crippen LogP contribution in [0.15, 0.2) is 0 Å². The van der Waals surface area contributed by atoms with E-state index in [2.05, 4.69) is 5.32 Å². The van der Waals surface area contributed by atoms with Crippen LogP contribution in [0.4, 0.5) is 0 Å². The average molecular weight is 157 g/mol. The maximum absolute atomic E-state index is 10.4. The quantitative estimate of drug-likeness (QED) is 0.417. The second kappa shape index (κ2) is 3.17. The van der Waals surface area contributed by atoms with Gasteiger partial charge in [0, 0.05) is 17.4 Å². The van der Waals surface area contributed by atoms with E-state index >= 15 is 0 Å². The van der Waals surface area contributed by atoms with Gasteiger partial charge in [-0.3, -0.25) is 10.1 Å².